The van der Waals surface area contributed by atoms with Gasteiger partial charge in [-0.3, -0.25) is 14.2 Å². The van der Waals surface area contributed by atoms with Crippen LogP contribution in [0.15, 0.2) is 48.8 Å². The summed E-state index contributed by atoms with van der Waals surface area (Å²) in [7, 11) is 0. The Morgan fingerprint density at radius 2 is 1.64 bits per heavy atom. The van der Waals surface area contributed by atoms with Gasteiger partial charge in [-0.1, -0.05) is 17.7 Å². The zero-order valence-electron chi connectivity index (χ0n) is 18.9. The van der Waals surface area contributed by atoms with Gasteiger partial charge in [0.25, 0.3) is 0 Å². The van der Waals surface area contributed by atoms with E-state index in [1.54, 1.807) is 11.1 Å². The molecule has 2 aromatic heterocycles. The van der Waals surface area contributed by atoms with Crippen molar-refractivity contribution in [3.63, 3.8) is 0 Å². The highest BCUT2D eigenvalue weighted by Gasteiger charge is 2.38. The van der Waals surface area contributed by atoms with E-state index in [4.69, 9.17) is 0 Å². The monoisotopic (exact) mass is 445 g/mol. The quantitative estimate of drug-likeness (QED) is 0.610. The fourth-order valence-electron chi connectivity index (χ4n) is 4.50. The van der Waals surface area contributed by atoms with Crippen molar-refractivity contribution in [1.82, 2.24) is 24.6 Å². The van der Waals surface area contributed by atoms with Crippen molar-refractivity contribution >= 4 is 23.3 Å². The maximum Gasteiger partial charge on any atom is 0.228 e. The maximum atomic E-state index is 13.1. The molecule has 2 fully saturated rings. The fourth-order valence-corrected chi connectivity index (χ4v) is 4.50. The first-order valence-electron chi connectivity index (χ1n) is 11.2. The largest absolute Gasteiger partial charge is 0.352 e. The predicted octanol–water partition coefficient (Wildman–Crippen LogP) is 1.98. The number of anilines is 2. The van der Waals surface area contributed by atoms with Gasteiger partial charge in [0.1, 0.15) is 5.82 Å². The summed E-state index contributed by atoms with van der Waals surface area (Å²) in [5.41, 5.74) is 2.01. The highest BCUT2D eigenvalue weighted by atomic mass is 16.2. The Balaban J connectivity index is 1.18. The van der Waals surface area contributed by atoms with Gasteiger partial charge < -0.3 is 14.7 Å². The third-order valence-electron chi connectivity index (χ3n) is 6.44. The number of hydrogen-bond donors (Lipinski definition) is 0. The van der Waals surface area contributed by atoms with Gasteiger partial charge >= 0.3 is 0 Å². The zero-order valence-corrected chi connectivity index (χ0v) is 18.9. The van der Waals surface area contributed by atoms with Crippen LogP contribution in [-0.2, 0) is 9.59 Å². The Kier molecular flexibility index (Phi) is 5.53. The number of imidazole rings is 1. The topological polar surface area (TPSA) is 87.5 Å². The van der Waals surface area contributed by atoms with Crippen LogP contribution < -0.4 is 9.80 Å². The second-order valence-corrected chi connectivity index (χ2v) is 8.65. The molecule has 0 saturated carbocycles. The summed E-state index contributed by atoms with van der Waals surface area (Å²) >= 11 is 0. The van der Waals surface area contributed by atoms with E-state index in [2.05, 4.69) is 20.1 Å². The molecule has 1 atom stereocenters. The van der Waals surface area contributed by atoms with Crippen molar-refractivity contribution in [2.75, 3.05) is 42.5 Å². The summed E-state index contributed by atoms with van der Waals surface area (Å²) in [5.74, 6) is 2.17. The number of amides is 2. The van der Waals surface area contributed by atoms with Crippen LogP contribution in [0.3, 0.4) is 0 Å². The Bertz CT molecular complexity index is 1150. The van der Waals surface area contributed by atoms with Crippen molar-refractivity contribution in [2.45, 2.75) is 20.3 Å². The van der Waals surface area contributed by atoms with Crippen LogP contribution >= 0.6 is 0 Å². The number of piperazine rings is 1. The van der Waals surface area contributed by atoms with E-state index in [-0.39, 0.29) is 24.2 Å². The molecule has 2 saturated heterocycles. The third-order valence-corrected chi connectivity index (χ3v) is 6.44. The molecular formula is C24H27N7O2. The van der Waals surface area contributed by atoms with E-state index in [1.165, 1.54) is 0 Å². The molecule has 3 aromatic rings. The second kappa shape index (κ2) is 8.65. The third kappa shape index (κ3) is 4.18. The molecule has 1 aromatic carbocycles. The Labute approximate surface area is 192 Å². The summed E-state index contributed by atoms with van der Waals surface area (Å²) in [6.07, 6.45) is 3.86. The second-order valence-electron chi connectivity index (χ2n) is 8.65. The lowest BCUT2D eigenvalue weighted by atomic mass is 10.1. The molecule has 0 spiro atoms. The average molecular weight is 446 g/mol. The minimum Gasteiger partial charge on any atom is -0.352 e. The number of nitrogens with zero attached hydrogens (tertiary/aromatic N) is 7. The van der Waals surface area contributed by atoms with Gasteiger partial charge in [-0.2, -0.15) is 0 Å². The van der Waals surface area contributed by atoms with Crippen molar-refractivity contribution in [2.24, 2.45) is 5.92 Å². The first-order valence-corrected chi connectivity index (χ1v) is 11.2. The van der Waals surface area contributed by atoms with Crippen LogP contribution in [0.4, 0.5) is 11.5 Å². The molecule has 0 N–H and O–H groups in total. The molecule has 1 unspecified atom stereocenters. The number of benzene rings is 1. The van der Waals surface area contributed by atoms with Crippen molar-refractivity contribution in [3.05, 3.63) is 60.2 Å². The number of hydrogen-bond acceptors (Lipinski definition) is 6. The minimum atomic E-state index is -0.289. The summed E-state index contributed by atoms with van der Waals surface area (Å²) in [6, 6.07) is 11.7. The molecular weight excluding hydrogens is 418 g/mol. The van der Waals surface area contributed by atoms with Gasteiger partial charge in [0.15, 0.2) is 11.6 Å². The van der Waals surface area contributed by atoms with Crippen LogP contribution in [0.1, 0.15) is 17.8 Å². The molecule has 170 valence electrons. The Morgan fingerprint density at radius 3 is 2.27 bits per heavy atom. The smallest absolute Gasteiger partial charge is 0.228 e. The molecule has 0 radical (unpaired) electrons. The maximum absolute atomic E-state index is 13.1. The summed E-state index contributed by atoms with van der Waals surface area (Å²) in [6.45, 7) is 6.97. The minimum absolute atomic E-state index is 0.0133. The predicted molar refractivity (Wildman–Crippen MR) is 124 cm³/mol. The van der Waals surface area contributed by atoms with Gasteiger partial charge in [-0.15, -0.1) is 10.2 Å². The van der Waals surface area contributed by atoms with Crippen molar-refractivity contribution < 1.29 is 9.59 Å². The number of aryl methyl sites for hydroxylation is 2. The summed E-state index contributed by atoms with van der Waals surface area (Å²) in [4.78, 5) is 35.6. The molecule has 9 nitrogen and oxygen atoms in total. The van der Waals surface area contributed by atoms with E-state index in [0.29, 0.717) is 32.7 Å². The van der Waals surface area contributed by atoms with E-state index < -0.39 is 0 Å². The molecule has 5 rings (SSSR count). The molecule has 0 bridgehead atoms. The lowest BCUT2D eigenvalue weighted by Gasteiger charge is -2.36. The normalized spacial score (nSPS) is 18.8. The van der Waals surface area contributed by atoms with Gasteiger partial charge in [0.05, 0.1) is 5.92 Å². The van der Waals surface area contributed by atoms with Crippen LogP contribution in [0, 0.1) is 19.8 Å². The molecule has 9 heteroatoms. The SMILES string of the molecule is Cc1ccc(N2CC(C(=O)N3CCN(c4ccc(-n5ccnc5C)nn4)CC3)CC2=O)cc1. The molecule has 2 aliphatic heterocycles. The average Bonchev–Trinajstić information content (AvgIpc) is 3.45. The number of carbonyl (C=O) groups excluding carboxylic acids is 2. The van der Waals surface area contributed by atoms with E-state index >= 15 is 0 Å². The van der Waals surface area contributed by atoms with Crippen LogP contribution in [0.5, 0.6) is 0 Å². The van der Waals surface area contributed by atoms with Crippen molar-refractivity contribution in [3.8, 4) is 5.82 Å². The molecule has 0 aliphatic carbocycles. The molecule has 2 amide bonds. The van der Waals surface area contributed by atoms with Gasteiger partial charge in [0.2, 0.25) is 11.8 Å². The standard InChI is InChI=1S/C24H27N7O2/c1-17-3-5-20(6-4-17)31-16-19(15-23(31)32)24(33)29-13-11-28(12-14-29)21-7-8-22(27-26-21)30-10-9-25-18(30)2/h3-10,19H,11-16H2,1-2H3. The Hall–Kier alpha value is -3.75. The van der Waals surface area contributed by atoms with E-state index in [1.807, 2.05) is 65.9 Å². The van der Waals surface area contributed by atoms with Gasteiger partial charge in [0, 0.05) is 57.2 Å². The van der Waals surface area contributed by atoms with Crippen LogP contribution in [0.2, 0.25) is 0 Å². The number of rotatable bonds is 4. The molecule has 4 heterocycles. The highest BCUT2D eigenvalue weighted by molar-refractivity contribution is 6.00. The zero-order chi connectivity index (χ0) is 22.9. The van der Waals surface area contributed by atoms with E-state index in [9.17, 15) is 9.59 Å². The van der Waals surface area contributed by atoms with Crippen LogP contribution in [-0.4, -0.2) is 69.2 Å². The Morgan fingerprint density at radius 1 is 0.939 bits per heavy atom. The fraction of sp³-hybridized carbons (Fsp3) is 0.375. The molecule has 33 heavy (non-hydrogen) atoms. The van der Waals surface area contributed by atoms with Crippen molar-refractivity contribution in [1.29, 1.82) is 0 Å². The first kappa shape index (κ1) is 21.1. The summed E-state index contributed by atoms with van der Waals surface area (Å²) < 4.78 is 1.89. The lowest BCUT2D eigenvalue weighted by molar-refractivity contribution is -0.136. The van der Waals surface area contributed by atoms with Crippen LogP contribution in [0.25, 0.3) is 5.82 Å². The first-order chi connectivity index (χ1) is 16.0. The lowest BCUT2D eigenvalue weighted by Crippen LogP contribution is -2.51. The highest BCUT2D eigenvalue weighted by Crippen LogP contribution is 2.27. The van der Waals surface area contributed by atoms with Gasteiger partial charge in [-0.25, -0.2) is 4.98 Å². The number of aromatic nitrogens is 4. The summed E-state index contributed by atoms with van der Waals surface area (Å²) in [5, 5.41) is 8.71. The van der Waals surface area contributed by atoms with E-state index in [0.717, 1.165) is 28.7 Å². The van der Waals surface area contributed by atoms with Gasteiger partial charge in [-0.05, 0) is 38.1 Å². The number of carbonyl (C=O) groups is 2. The molecule has 2 aliphatic rings.